The summed E-state index contributed by atoms with van der Waals surface area (Å²) in [5.41, 5.74) is 6.18. The summed E-state index contributed by atoms with van der Waals surface area (Å²) >= 11 is 0. The Kier molecular flexibility index (Phi) is 6.15. The van der Waals surface area contributed by atoms with Crippen LogP contribution in [0.4, 0.5) is 8.78 Å². The number of ether oxygens (including phenoxy) is 1. The van der Waals surface area contributed by atoms with Crippen molar-refractivity contribution < 1.29 is 18.6 Å². The molecule has 3 N–H and O–H groups in total. The van der Waals surface area contributed by atoms with E-state index in [1.165, 1.54) is 12.1 Å². The topological polar surface area (TPSA) is 55.5 Å². The molecule has 0 heterocycles. The zero-order chi connectivity index (χ0) is 10.6. The Balaban J connectivity index is 0.00000196. The van der Waals surface area contributed by atoms with Gasteiger partial charge in [-0.05, 0) is 17.7 Å². The second kappa shape index (κ2) is 6.55. The molecule has 0 aliphatic rings. The molecule has 0 fully saturated rings. The molecular formula is C9H12ClF2NO2. The first-order valence-corrected chi connectivity index (χ1v) is 4.04. The van der Waals surface area contributed by atoms with E-state index in [1.807, 2.05) is 0 Å². The van der Waals surface area contributed by atoms with Crippen LogP contribution in [0.5, 0.6) is 5.75 Å². The van der Waals surface area contributed by atoms with Gasteiger partial charge in [-0.1, -0.05) is 12.1 Å². The molecule has 15 heavy (non-hydrogen) atoms. The lowest BCUT2D eigenvalue weighted by Gasteiger charge is -2.09. The first kappa shape index (κ1) is 14.1. The monoisotopic (exact) mass is 239 g/mol. The number of rotatable bonds is 4. The quantitative estimate of drug-likeness (QED) is 0.841. The summed E-state index contributed by atoms with van der Waals surface area (Å²) in [4.78, 5) is 0. The van der Waals surface area contributed by atoms with Gasteiger partial charge in [-0.3, -0.25) is 0 Å². The van der Waals surface area contributed by atoms with Crippen LogP contribution in [0, 0.1) is 0 Å². The maximum absolute atomic E-state index is 11.8. The van der Waals surface area contributed by atoms with Crippen molar-refractivity contribution in [3.05, 3.63) is 29.8 Å². The van der Waals surface area contributed by atoms with Crippen molar-refractivity contribution in [3.8, 4) is 5.75 Å². The number of nitrogens with two attached hydrogens (primary N) is 1. The van der Waals surface area contributed by atoms with Gasteiger partial charge in [0.25, 0.3) is 0 Å². The van der Waals surface area contributed by atoms with E-state index >= 15 is 0 Å². The molecule has 0 amide bonds. The highest BCUT2D eigenvalue weighted by Crippen LogP contribution is 2.17. The van der Waals surface area contributed by atoms with E-state index in [1.54, 1.807) is 12.1 Å². The van der Waals surface area contributed by atoms with E-state index in [0.717, 1.165) is 0 Å². The van der Waals surface area contributed by atoms with Gasteiger partial charge in [0.05, 0.1) is 12.6 Å². The van der Waals surface area contributed by atoms with Gasteiger partial charge in [0.1, 0.15) is 5.75 Å². The third-order valence-corrected chi connectivity index (χ3v) is 1.73. The minimum absolute atomic E-state index is 0. The summed E-state index contributed by atoms with van der Waals surface area (Å²) in [5, 5.41) is 8.73. The van der Waals surface area contributed by atoms with Crippen LogP contribution in [0.2, 0.25) is 0 Å². The average Bonchev–Trinajstić information content (AvgIpc) is 2.17. The van der Waals surface area contributed by atoms with Gasteiger partial charge in [-0.25, -0.2) is 0 Å². The Hall–Kier alpha value is -0.910. The lowest BCUT2D eigenvalue weighted by molar-refractivity contribution is -0.0498. The number of hydrogen-bond donors (Lipinski definition) is 2. The number of hydrogen-bond acceptors (Lipinski definition) is 3. The van der Waals surface area contributed by atoms with Crippen LogP contribution in [0.1, 0.15) is 11.6 Å². The molecule has 1 rings (SSSR count). The molecule has 0 radical (unpaired) electrons. The SMILES string of the molecule is Cl.N[C@@H](CO)c1ccc(OC(F)F)cc1. The summed E-state index contributed by atoms with van der Waals surface area (Å²) in [6, 6.07) is 5.36. The van der Waals surface area contributed by atoms with E-state index in [9.17, 15) is 8.78 Å². The molecule has 0 saturated heterocycles. The Morgan fingerprint density at radius 2 is 1.80 bits per heavy atom. The van der Waals surface area contributed by atoms with Gasteiger partial charge < -0.3 is 15.6 Å². The van der Waals surface area contributed by atoms with Crippen molar-refractivity contribution in [1.29, 1.82) is 0 Å². The van der Waals surface area contributed by atoms with Gasteiger partial charge >= 0.3 is 6.61 Å². The van der Waals surface area contributed by atoms with Crippen molar-refractivity contribution in [2.45, 2.75) is 12.7 Å². The van der Waals surface area contributed by atoms with Crippen LogP contribution in [-0.2, 0) is 0 Å². The summed E-state index contributed by atoms with van der Waals surface area (Å²) in [6.45, 7) is -3.01. The minimum Gasteiger partial charge on any atom is -0.435 e. The molecule has 1 aromatic carbocycles. The largest absolute Gasteiger partial charge is 0.435 e. The second-order valence-corrected chi connectivity index (χ2v) is 2.74. The summed E-state index contributed by atoms with van der Waals surface area (Å²) in [5.74, 6) is 0.0777. The molecular weight excluding hydrogens is 228 g/mol. The van der Waals surface area contributed by atoms with Crippen molar-refractivity contribution in [1.82, 2.24) is 0 Å². The van der Waals surface area contributed by atoms with Crippen LogP contribution >= 0.6 is 12.4 Å². The van der Waals surface area contributed by atoms with Crippen molar-refractivity contribution in [2.24, 2.45) is 5.73 Å². The van der Waals surface area contributed by atoms with Crippen LogP contribution in [0.15, 0.2) is 24.3 Å². The Labute approximate surface area is 92.3 Å². The van der Waals surface area contributed by atoms with Crippen LogP contribution in [0.25, 0.3) is 0 Å². The highest BCUT2D eigenvalue weighted by molar-refractivity contribution is 5.85. The lowest BCUT2D eigenvalue weighted by Crippen LogP contribution is -2.14. The van der Waals surface area contributed by atoms with E-state index in [-0.39, 0.29) is 24.8 Å². The Morgan fingerprint density at radius 1 is 1.27 bits per heavy atom. The van der Waals surface area contributed by atoms with Crippen molar-refractivity contribution >= 4 is 12.4 Å². The standard InChI is InChI=1S/C9H11F2NO2.ClH/c10-9(11)14-7-3-1-6(2-4-7)8(12)5-13;/h1-4,8-9,13H,5,12H2;1H/t8-;/m0./s1. The number of benzene rings is 1. The number of aliphatic hydroxyl groups excluding tert-OH is 1. The fraction of sp³-hybridized carbons (Fsp3) is 0.333. The predicted octanol–water partition coefficient (Wildman–Crippen LogP) is 1.70. The third-order valence-electron chi connectivity index (χ3n) is 1.73. The fourth-order valence-electron chi connectivity index (χ4n) is 1.00. The lowest BCUT2D eigenvalue weighted by atomic mass is 10.1. The molecule has 1 atom stereocenters. The summed E-state index contributed by atoms with van der Waals surface area (Å²) < 4.78 is 27.7. The smallest absolute Gasteiger partial charge is 0.387 e. The molecule has 0 aromatic heterocycles. The van der Waals surface area contributed by atoms with Gasteiger partial charge in [0.2, 0.25) is 0 Å². The Bertz CT molecular complexity index is 282. The molecule has 1 aromatic rings. The molecule has 0 aliphatic carbocycles. The van der Waals surface area contributed by atoms with E-state index < -0.39 is 12.7 Å². The minimum atomic E-state index is -2.83. The van der Waals surface area contributed by atoms with E-state index in [2.05, 4.69) is 4.74 Å². The zero-order valence-corrected chi connectivity index (χ0v) is 8.58. The van der Waals surface area contributed by atoms with Gasteiger partial charge in [-0.15, -0.1) is 12.4 Å². The van der Waals surface area contributed by atoms with Crippen molar-refractivity contribution in [3.63, 3.8) is 0 Å². The highest BCUT2D eigenvalue weighted by atomic mass is 35.5. The number of aliphatic hydroxyl groups is 1. The van der Waals surface area contributed by atoms with E-state index in [0.29, 0.717) is 5.56 Å². The number of halogens is 3. The van der Waals surface area contributed by atoms with E-state index in [4.69, 9.17) is 10.8 Å². The zero-order valence-electron chi connectivity index (χ0n) is 7.77. The van der Waals surface area contributed by atoms with Crippen LogP contribution in [0.3, 0.4) is 0 Å². The summed E-state index contributed by atoms with van der Waals surface area (Å²) in [7, 11) is 0. The highest BCUT2D eigenvalue weighted by Gasteiger charge is 2.06. The average molecular weight is 240 g/mol. The third kappa shape index (κ3) is 4.42. The molecule has 0 bridgehead atoms. The fourth-order valence-corrected chi connectivity index (χ4v) is 1.00. The maximum atomic E-state index is 11.8. The molecule has 0 aliphatic heterocycles. The second-order valence-electron chi connectivity index (χ2n) is 2.74. The van der Waals surface area contributed by atoms with Gasteiger partial charge in [-0.2, -0.15) is 8.78 Å². The number of alkyl halides is 2. The summed E-state index contributed by atoms with van der Waals surface area (Å²) in [6.07, 6.45) is 0. The molecule has 0 saturated carbocycles. The van der Waals surface area contributed by atoms with Crippen LogP contribution in [-0.4, -0.2) is 18.3 Å². The molecule has 0 spiro atoms. The Morgan fingerprint density at radius 3 is 2.20 bits per heavy atom. The molecule has 0 unspecified atom stereocenters. The molecule has 86 valence electrons. The normalized spacial score (nSPS) is 12.1. The molecule has 3 nitrogen and oxygen atoms in total. The van der Waals surface area contributed by atoms with Crippen LogP contribution < -0.4 is 10.5 Å². The predicted molar refractivity (Wildman–Crippen MR) is 54.3 cm³/mol. The maximum Gasteiger partial charge on any atom is 0.387 e. The van der Waals surface area contributed by atoms with Gasteiger partial charge in [0.15, 0.2) is 0 Å². The first-order valence-electron chi connectivity index (χ1n) is 4.04. The van der Waals surface area contributed by atoms with Gasteiger partial charge in [0, 0.05) is 0 Å². The first-order chi connectivity index (χ1) is 6.63. The molecule has 6 heteroatoms. The van der Waals surface area contributed by atoms with Crippen molar-refractivity contribution in [2.75, 3.05) is 6.61 Å².